The summed E-state index contributed by atoms with van der Waals surface area (Å²) in [5.74, 6) is 6.77. The lowest BCUT2D eigenvalue weighted by Gasteiger charge is -2.36. The number of piperazine rings is 1. The standard InChI is InChI=1S/C24H27N5OS/c25-29-21(26-22-19-10-4-5-11-20(19)31-23(22)24(29)30)12-6-7-13-27-14-16-28(17-15-27)18-8-2-1-3-9-18/h1-5,8-11H,6-7,12-17,25H2. The summed E-state index contributed by atoms with van der Waals surface area (Å²) in [5.41, 5.74) is 1.96. The van der Waals surface area contributed by atoms with Crippen LogP contribution in [0.5, 0.6) is 0 Å². The molecule has 1 aliphatic rings. The molecule has 0 bridgehead atoms. The van der Waals surface area contributed by atoms with Gasteiger partial charge in [-0.25, -0.2) is 9.66 Å². The predicted octanol–water partition coefficient (Wildman–Crippen LogP) is 3.47. The first-order valence-electron chi connectivity index (χ1n) is 10.9. The van der Waals surface area contributed by atoms with Crippen LogP contribution in [0.2, 0.25) is 0 Å². The molecule has 0 spiro atoms. The molecule has 4 aromatic rings. The lowest BCUT2D eigenvalue weighted by atomic mass is 10.2. The largest absolute Gasteiger partial charge is 0.369 e. The van der Waals surface area contributed by atoms with Crippen molar-refractivity contribution in [3.05, 3.63) is 70.8 Å². The normalized spacial score (nSPS) is 15.2. The summed E-state index contributed by atoms with van der Waals surface area (Å²) in [7, 11) is 0. The fourth-order valence-corrected chi connectivity index (χ4v) is 5.44. The van der Waals surface area contributed by atoms with E-state index in [9.17, 15) is 4.79 Å². The zero-order valence-electron chi connectivity index (χ0n) is 17.5. The minimum absolute atomic E-state index is 0.141. The van der Waals surface area contributed by atoms with Gasteiger partial charge in [0.15, 0.2) is 0 Å². The average molecular weight is 434 g/mol. The lowest BCUT2D eigenvalue weighted by Crippen LogP contribution is -2.46. The van der Waals surface area contributed by atoms with Crippen molar-refractivity contribution in [2.75, 3.05) is 43.5 Å². The van der Waals surface area contributed by atoms with Gasteiger partial charge in [0, 0.05) is 48.4 Å². The van der Waals surface area contributed by atoms with Crippen LogP contribution in [-0.2, 0) is 6.42 Å². The van der Waals surface area contributed by atoms with Gasteiger partial charge in [-0.1, -0.05) is 36.4 Å². The second-order valence-electron chi connectivity index (χ2n) is 8.10. The first kappa shape index (κ1) is 20.0. The van der Waals surface area contributed by atoms with E-state index >= 15 is 0 Å². The summed E-state index contributed by atoms with van der Waals surface area (Å²) in [6.07, 6.45) is 2.76. The summed E-state index contributed by atoms with van der Waals surface area (Å²) in [5, 5.41) is 1.04. The molecule has 5 rings (SSSR count). The summed E-state index contributed by atoms with van der Waals surface area (Å²) in [4.78, 5) is 22.5. The van der Waals surface area contributed by atoms with Crippen molar-refractivity contribution in [2.45, 2.75) is 19.3 Å². The van der Waals surface area contributed by atoms with Crippen LogP contribution >= 0.6 is 11.3 Å². The van der Waals surface area contributed by atoms with Crippen molar-refractivity contribution < 1.29 is 0 Å². The van der Waals surface area contributed by atoms with Crippen LogP contribution in [0.1, 0.15) is 18.7 Å². The summed E-state index contributed by atoms with van der Waals surface area (Å²) in [6.45, 7) is 5.37. The third-order valence-electron chi connectivity index (χ3n) is 6.12. The second kappa shape index (κ2) is 8.69. The summed E-state index contributed by atoms with van der Waals surface area (Å²) in [6, 6.07) is 18.7. The molecule has 160 valence electrons. The second-order valence-corrected chi connectivity index (χ2v) is 9.15. The number of para-hydroxylation sites is 1. The van der Waals surface area contributed by atoms with Gasteiger partial charge in [-0.3, -0.25) is 9.69 Å². The maximum atomic E-state index is 12.7. The number of rotatable bonds is 6. The Bertz CT molecular complexity index is 1240. The Morgan fingerprint density at radius 2 is 1.68 bits per heavy atom. The van der Waals surface area contributed by atoms with E-state index in [1.807, 2.05) is 24.3 Å². The highest BCUT2D eigenvalue weighted by Crippen LogP contribution is 2.30. The molecule has 0 atom stereocenters. The number of anilines is 1. The Labute approximate surface area is 185 Å². The number of fused-ring (bicyclic) bond motifs is 3. The van der Waals surface area contributed by atoms with Gasteiger partial charge in [-0.15, -0.1) is 11.3 Å². The summed E-state index contributed by atoms with van der Waals surface area (Å²) < 4.78 is 2.97. The van der Waals surface area contributed by atoms with Crippen LogP contribution in [0.4, 0.5) is 5.69 Å². The highest BCUT2D eigenvalue weighted by molar-refractivity contribution is 7.25. The molecule has 0 aliphatic carbocycles. The minimum Gasteiger partial charge on any atom is -0.369 e. The van der Waals surface area contributed by atoms with Crippen molar-refractivity contribution in [2.24, 2.45) is 0 Å². The maximum Gasteiger partial charge on any atom is 0.289 e. The van der Waals surface area contributed by atoms with Crippen molar-refractivity contribution in [3.8, 4) is 0 Å². The number of nitrogen functional groups attached to an aromatic ring is 1. The van der Waals surface area contributed by atoms with Gasteiger partial charge in [0.25, 0.3) is 5.56 Å². The highest BCUT2D eigenvalue weighted by atomic mass is 32.1. The van der Waals surface area contributed by atoms with Crippen LogP contribution in [0.3, 0.4) is 0 Å². The Morgan fingerprint density at radius 1 is 0.935 bits per heavy atom. The van der Waals surface area contributed by atoms with Crippen LogP contribution in [-0.4, -0.2) is 47.3 Å². The number of aromatic nitrogens is 2. The highest BCUT2D eigenvalue weighted by Gasteiger charge is 2.17. The monoisotopic (exact) mass is 433 g/mol. The maximum absolute atomic E-state index is 12.7. The first-order valence-corrected chi connectivity index (χ1v) is 11.7. The number of hydrogen-bond acceptors (Lipinski definition) is 6. The van der Waals surface area contributed by atoms with Gasteiger partial charge in [-0.2, -0.15) is 0 Å². The molecule has 0 unspecified atom stereocenters. The molecule has 2 aromatic heterocycles. The molecule has 1 saturated heterocycles. The van der Waals surface area contributed by atoms with Crippen molar-refractivity contribution in [1.82, 2.24) is 14.6 Å². The van der Waals surface area contributed by atoms with E-state index in [0.717, 1.165) is 67.6 Å². The zero-order valence-corrected chi connectivity index (χ0v) is 18.4. The fourth-order valence-electron chi connectivity index (χ4n) is 4.36. The summed E-state index contributed by atoms with van der Waals surface area (Å²) >= 11 is 1.47. The predicted molar refractivity (Wildman–Crippen MR) is 130 cm³/mol. The van der Waals surface area contributed by atoms with E-state index in [0.29, 0.717) is 10.5 Å². The number of thiophene rings is 1. The molecule has 1 aliphatic heterocycles. The number of unbranched alkanes of at least 4 members (excludes halogenated alkanes) is 1. The van der Waals surface area contributed by atoms with E-state index in [4.69, 9.17) is 10.8 Å². The molecule has 0 saturated carbocycles. The van der Waals surface area contributed by atoms with E-state index in [1.165, 1.54) is 21.7 Å². The van der Waals surface area contributed by atoms with Gasteiger partial charge in [0.2, 0.25) is 0 Å². The van der Waals surface area contributed by atoms with E-state index in [-0.39, 0.29) is 5.56 Å². The van der Waals surface area contributed by atoms with Crippen LogP contribution in [0.15, 0.2) is 59.4 Å². The average Bonchev–Trinajstić information content (AvgIpc) is 3.19. The zero-order chi connectivity index (χ0) is 21.2. The molecule has 2 aromatic carbocycles. The number of aryl methyl sites for hydroxylation is 1. The molecule has 1 fully saturated rings. The number of benzene rings is 2. The number of nitrogens with zero attached hydrogens (tertiary/aromatic N) is 4. The third kappa shape index (κ3) is 4.03. The molecule has 31 heavy (non-hydrogen) atoms. The van der Waals surface area contributed by atoms with Gasteiger partial charge < -0.3 is 10.7 Å². The number of nitrogens with two attached hydrogens (primary N) is 1. The van der Waals surface area contributed by atoms with E-state index in [1.54, 1.807) is 0 Å². The molecule has 0 amide bonds. The van der Waals surface area contributed by atoms with Crippen LogP contribution < -0.4 is 16.3 Å². The van der Waals surface area contributed by atoms with Gasteiger partial charge in [0.05, 0.1) is 5.52 Å². The van der Waals surface area contributed by atoms with Gasteiger partial charge >= 0.3 is 0 Å². The fraction of sp³-hybridized carbons (Fsp3) is 0.333. The molecule has 6 nitrogen and oxygen atoms in total. The van der Waals surface area contributed by atoms with Crippen molar-refractivity contribution in [1.29, 1.82) is 0 Å². The molecular formula is C24H27N5OS. The van der Waals surface area contributed by atoms with Crippen LogP contribution in [0, 0.1) is 0 Å². The Balaban J connectivity index is 1.18. The molecule has 3 heterocycles. The molecule has 7 heteroatoms. The van der Waals surface area contributed by atoms with E-state index < -0.39 is 0 Å². The van der Waals surface area contributed by atoms with Gasteiger partial charge in [0.1, 0.15) is 10.5 Å². The van der Waals surface area contributed by atoms with Crippen LogP contribution in [0.25, 0.3) is 20.3 Å². The topological polar surface area (TPSA) is 67.4 Å². The minimum atomic E-state index is -0.141. The quantitative estimate of drug-likeness (QED) is 0.373. The third-order valence-corrected chi connectivity index (χ3v) is 7.27. The van der Waals surface area contributed by atoms with Crippen molar-refractivity contribution >= 4 is 37.3 Å². The van der Waals surface area contributed by atoms with Gasteiger partial charge in [-0.05, 0) is 37.6 Å². The molecule has 0 radical (unpaired) electrons. The van der Waals surface area contributed by atoms with Crippen molar-refractivity contribution in [3.63, 3.8) is 0 Å². The Morgan fingerprint density at radius 3 is 2.48 bits per heavy atom. The molecular weight excluding hydrogens is 406 g/mol. The lowest BCUT2D eigenvalue weighted by molar-refractivity contribution is 0.253. The smallest absolute Gasteiger partial charge is 0.289 e. The number of hydrogen-bond donors (Lipinski definition) is 1. The molecule has 2 N–H and O–H groups in total. The Hall–Kier alpha value is -2.90. The first-order chi connectivity index (χ1) is 15.2. The Kier molecular flexibility index (Phi) is 5.61. The van der Waals surface area contributed by atoms with E-state index in [2.05, 4.69) is 40.1 Å². The SMILES string of the molecule is Nn1c(CCCCN2CCN(c3ccccc3)CC2)nc2c(sc3ccccc32)c1=O.